The highest BCUT2D eigenvalue weighted by Gasteiger charge is 2.30. The Morgan fingerprint density at radius 3 is 2.47 bits per heavy atom. The molecule has 0 aromatic heterocycles. The van der Waals surface area contributed by atoms with E-state index in [9.17, 15) is 0 Å². The number of hydrogen-bond acceptors (Lipinski definition) is 3. The molecule has 2 aliphatic rings. The summed E-state index contributed by atoms with van der Waals surface area (Å²) < 4.78 is 0. The van der Waals surface area contributed by atoms with Gasteiger partial charge in [0.25, 0.3) is 0 Å². The van der Waals surface area contributed by atoms with E-state index in [0.717, 1.165) is 18.5 Å². The maximum absolute atomic E-state index is 3.35. The minimum atomic E-state index is 0.686. The monoisotopic (exact) mass is 239 g/mol. The molecule has 0 aromatic rings. The van der Waals surface area contributed by atoms with Crippen LogP contribution in [0.2, 0.25) is 0 Å². The summed E-state index contributed by atoms with van der Waals surface area (Å²) in [6.45, 7) is 7.32. The molecule has 3 nitrogen and oxygen atoms in total. The largest absolute Gasteiger partial charge is 0.318 e. The Morgan fingerprint density at radius 1 is 1.12 bits per heavy atom. The van der Waals surface area contributed by atoms with Crippen molar-refractivity contribution in [2.45, 2.75) is 44.7 Å². The van der Waals surface area contributed by atoms with Crippen LogP contribution >= 0.6 is 0 Å². The minimum absolute atomic E-state index is 0.686. The van der Waals surface area contributed by atoms with Gasteiger partial charge in [0, 0.05) is 38.3 Å². The third kappa shape index (κ3) is 3.43. The van der Waals surface area contributed by atoms with Crippen molar-refractivity contribution in [1.29, 1.82) is 0 Å². The zero-order valence-corrected chi connectivity index (χ0v) is 11.8. The van der Waals surface area contributed by atoms with E-state index in [2.05, 4.69) is 36.1 Å². The van der Waals surface area contributed by atoms with E-state index in [1.165, 1.54) is 45.3 Å². The fourth-order valence-electron chi connectivity index (χ4n) is 3.61. The average Bonchev–Trinajstić information content (AvgIpc) is 2.76. The van der Waals surface area contributed by atoms with E-state index in [4.69, 9.17) is 0 Å². The van der Waals surface area contributed by atoms with Crippen LogP contribution in [0.3, 0.4) is 0 Å². The summed E-state index contributed by atoms with van der Waals surface area (Å²) in [6.07, 6.45) is 5.76. The zero-order chi connectivity index (χ0) is 12.3. The molecule has 1 saturated heterocycles. The van der Waals surface area contributed by atoms with E-state index in [-0.39, 0.29) is 0 Å². The van der Waals surface area contributed by atoms with Crippen LogP contribution in [-0.2, 0) is 0 Å². The Kier molecular flexibility index (Phi) is 4.83. The highest BCUT2D eigenvalue weighted by molar-refractivity contribution is 4.87. The number of hydrogen-bond donors (Lipinski definition) is 1. The van der Waals surface area contributed by atoms with Crippen LogP contribution in [0.15, 0.2) is 0 Å². The first kappa shape index (κ1) is 13.3. The lowest BCUT2D eigenvalue weighted by atomic mass is 10.1. The highest BCUT2D eigenvalue weighted by Crippen LogP contribution is 2.26. The number of nitrogens with one attached hydrogen (secondary N) is 1. The number of likely N-dealkylation sites (N-methyl/N-ethyl adjacent to an activating group) is 2. The third-order valence-electron chi connectivity index (χ3n) is 4.50. The van der Waals surface area contributed by atoms with Gasteiger partial charge in [-0.1, -0.05) is 19.8 Å². The summed E-state index contributed by atoms with van der Waals surface area (Å²) in [5, 5.41) is 3.35. The van der Waals surface area contributed by atoms with Crippen molar-refractivity contribution in [3.8, 4) is 0 Å². The quantitative estimate of drug-likeness (QED) is 0.803. The summed E-state index contributed by atoms with van der Waals surface area (Å²) in [5.74, 6) is 0.808. The van der Waals surface area contributed by atoms with Crippen LogP contribution in [0.4, 0.5) is 0 Å². The van der Waals surface area contributed by atoms with Crippen molar-refractivity contribution in [2.75, 3.05) is 40.3 Å². The van der Waals surface area contributed by atoms with E-state index in [0.29, 0.717) is 6.04 Å². The number of rotatable bonds is 3. The van der Waals surface area contributed by atoms with Crippen molar-refractivity contribution >= 4 is 0 Å². The van der Waals surface area contributed by atoms with Gasteiger partial charge in [0.2, 0.25) is 0 Å². The topological polar surface area (TPSA) is 18.5 Å². The van der Waals surface area contributed by atoms with Crippen molar-refractivity contribution in [2.24, 2.45) is 5.92 Å². The second-order valence-electron chi connectivity index (χ2n) is 6.15. The van der Waals surface area contributed by atoms with Gasteiger partial charge >= 0.3 is 0 Å². The molecule has 1 heterocycles. The van der Waals surface area contributed by atoms with Crippen LogP contribution in [0.1, 0.15) is 32.6 Å². The molecule has 2 unspecified atom stereocenters. The van der Waals surface area contributed by atoms with Gasteiger partial charge in [0.15, 0.2) is 0 Å². The van der Waals surface area contributed by atoms with E-state index >= 15 is 0 Å². The van der Waals surface area contributed by atoms with E-state index < -0.39 is 0 Å². The first-order valence-corrected chi connectivity index (χ1v) is 7.29. The van der Waals surface area contributed by atoms with Gasteiger partial charge in [0.1, 0.15) is 0 Å². The van der Waals surface area contributed by atoms with Crippen LogP contribution < -0.4 is 5.32 Å². The summed E-state index contributed by atoms with van der Waals surface area (Å²) in [4.78, 5) is 5.33. The minimum Gasteiger partial charge on any atom is -0.318 e. The first-order chi connectivity index (χ1) is 8.20. The molecule has 0 radical (unpaired) electrons. The maximum atomic E-state index is 3.35. The zero-order valence-electron chi connectivity index (χ0n) is 11.8. The van der Waals surface area contributed by atoms with Crippen molar-refractivity contribution in [1.82, 2.24) is 15.1 Å². The highest BCUT2D eigenvalue weighted by atomic mass is 15.3. The Hall–Kier alpha value is -0.120. The lowest BCUT2D eigenvalue weighted by molar-refractivity contribution is 0.163. The summed E-state index contributed by atoms with van der Waals surface area (Å²) >= 11 is 0. The van der Waals surface area contributed by atoms with Crippen molar-refractivity contribution in [3.63, 3.8) is 0 Å². The predicted octanol–water partition coefficient (Wildman–Crippen LogP) is 1.40. The van der Waals surface area contributed by atoms with Gasteiger partial charge in [-0.2, -0.15) is 0 Å². The second kappa shape index (κ2) is 6.17. The van der Waals surface area contributed by atoms with Gasteiger partial charge in [-0.15, -0.1) is 0 Å². The Labute approximate surface area is 107 Å². The number of nitrogens with zero attached hydrogens (tertiary/aromatic N) is 2. The average molecular weight is 239 g/mol. The van der Waals surface area contributed by atoms with Gasteiger partial charge in [-0.25, -0.2) is 0 Å². The molecule has 100 valence electrons. The molecule has 3 heteroatoms. The van der Waals surface area contributed by atoms with E-state index in [1.54, 1.807) is 0 Å². The Morgan fingerprint density at radius 2 is 1.82 bits per heavy atom. The molecule has 17 heavy (non-hydrogen) atoms. The van der Waals surface area contributed by atoms with E-state index in [1.807, 2.05) is 0 Å². The van der Waals surface area contributed by atoms with Crippen LogP contribution in [-0.4, -0.2) is 62.2 Å². The molecule has 2 atom stereocenters. The fraction of sp³-hybridized carbons (Fsp3) is 1.00. The fourth-order valence-corrected chi connectivity index (χ4v) is 3.61. The molecule has 0 aromatic carbocycles. The van der Waals surface area contributed by atoms with Crippen LogP contribution in [0, 0.1) is 5.92 Å². The smallest absolute Gasteiger partial charge is 0.0344 e. The predicted molar refractivity (Wildman–Crippen MR) is 73.3 cm³/mol. The van der Waals surface area contributed by atoms with Gasteiger partial charge in [-0.3, -0.25) is 4.90 Å². The Bertz CT molecular complexity index is 226. The van der Waals surface area contributed by atoms with Crippen molar-refractivity contribution in [3.05, 3.63) is 0 Å². The van der Waals surface area contributed by atoms with Crippen LogP contribution in [0.25, 0.3) is 0 Å². The molecule has 1 saturated carbocycles. The molecule has 1 aliphatic carbocycles. The molecule has 2 rings (SSSR count). The summed E-state index contributed by atoms with van der Waals surface area (Å²) in [6, 6.07) is 1.56. The SMILES string of the molecule is CNCC1CN(C2CCCC2)CC(C)CN1C. The molecule has 0 spiro atoms. The van der Waals surface area contributed by atoms with Gasteiger partial charge in [-0.05, 0) is 32.9 Å². The Balaban J connectivity index is 1.99. The normalized spacial score (nSPS) is 34.1. The van der Waals surface area contributed by atoms with Crippen LogP contribution in [0.5, 0.6) is 0 Å². The first-order valence-electron chi connectivity index (χ1n) is 7.29. The van der Waals surface area contributed by atoms with Gasteiger partial charge < -0.3 is 10.2 Å². The molecule has 0 amide bonds. The molecule has 1 aliphatic heterocycles. The van der Waals surface area contributed by atoms with Crippen molar-refractivity contribution < 1.29 is 0 Å². The summed E-state index contributed by atoms with van der Waals surface area (Å²) in [5.41, 5.74) is 0. The molecular weight excluding hydrogens is 210 g/mol. The lowest BCUT2D eigenvalue weighted by Gasteiger charge is -2.32. The third-order valence-corrected chi connectivity index (χ3v) is 4.50. The lowest BCUT2D eigenvalue weighted by Crippen LogP contribution is -2.46. The molecule has 2 fully saturated rings. The summed E-state index contributed by atoms with van der Waals surface area (Å²) in [7, 11) is 4.36. The molecular formula is C14H29N3. The maximum Gasteiger partial charge on any atom is 0.0344 e. The standard InChI is InChI=1S/C14H29N3/c1-12-9-16(3)14(8-15-2)11-17(10-12)13-6-4-5-7-13/h12-15H,4-11H2,1-3H3. The van der Waals surface area contributed by atoms with Gasteiger partial charge in [0.05, 0.1) is 0 Å². The molecule has 0 bridgehead atoms. The molecule has 1 N–H and O–H groups in total. The second-order valence-corrected chi connectivity index (χ2v) is 6.15.